The van der Waals surface area contributed by atoms with Crippen LogP contribution in [0.1, 0.15) is 22.1 Å². The molecule has 116 valence electrons. The Morgan fingerprint density at radius 1 is 1.09 bits per heavy atom. The molecule has 2 aromatic heterocycles. The topological polar surface area (TPSA) is 67.7 Å². The average Bonchev–Trinajstić information content (AvgIpc) is 3.17. The SMILES string of the molecule is Cc1ccc(C(=O)N/N=C\c2ccc(-c3ccc(Cl)cc3)o2)o1. The Labute approximate surface area is 137 Å². The van der Waals surface area contributed by atoms with Gasteiger partial charge in [0.2, 0.25) is 0 Å². The molecule has 0 spiro atoms. The van der Waals surface area contributed by atoms with Crippen molar-refractivity contribution in [3.8, 4) is 11.3 Å². The maximum atomic E-state index is 11.7. The molecule has 0 aliphatic heterocycles. The quantitative estimate of drug-likeness (QED) is 0.574. The van der Waals surface area contributed by atoms with Gasteiger partial charge in [-0.3, -0.25) is 4.79 Å². The number of furan rings is 2. The van der Waals surface area contributed by atoms with Crippen LogP contribution in [0.25, 0.3) is 11.3 Å². The smallest absolute Gasteiger partial charge is 0.307 e. The summed E-state index contributed by atoms with van der Waals surface area (Å²) in [6.45, 7) is 1.77. The maximum absolute atomic E-state index is 11.7. The van der Waals surface area contributed by atoms with Crippen LogP contribution in [0.4, 0.5) is 0 Å². The van der Waals surface area contributed by atoms with Gasteiger partial charge in [0, 0.05) is 10.6 Å². The van der Waals surface area contributed by atoms with Gasteiger partial charge in [0.1, 0.15) is 17.3 Å². The molecule has 23 heavy (non-hydrogen) atoms. The molecular weight excluding hydrogens is 316 g/mol. The fraction of sp³-hybridized carbons (Fsp3) is 0.0588. The summed E-state index contributed by atoms with van der Waals surface area (Å²) in [5, 5.41) is 4.51. The highest BCUT2D eigenvalue weighted by Crippen LogP contribution is 2.23. The normalized spacial score (nSPS) is 11.0. The van der Waals surface area contributed by atoms with Crippen molar-refractivity contribution in [3.63, 3.8) is 0 Å². The number of carbonyl (C=O) groups excluding carboxylic acids is 1. The van der Waals surface area contributed by atoms with E-state index in [4.69, 9.17) is 20.4 Å². The summed E-state index contributed by atoms with van der Waals surface area (Å²) >= 11 is 5.85. The van der Waals surface area contributed by atoms with Gasteiger partial charge in [0.25, 0.3) is 0 Å². The van der Waals surface area contributed by atoms with E-state index < -0.39 is 5.91 Å². The number of nitrogens with zero attached hydrogens (tertiary/aromatic N) is 1. The molecule has 2 heterocycles. The van der Waals surface area contributed by atoms with E-state index in [9.17, 15) is 4.79 Å². The minimum Gasteiger partial charge on any atom is -0.456 e. The van der Waals surface area contributed by atoms with Gasteiger partial charge in [-0.25, -0.2) is 5.43 Å². The number of hydrogen-bond donors (Lipinski definition) is 1. The third-order valence-corrected chi connectivity index (χ3v) is 3.33. The number of benzene rings is 1. The Morgan fingerprint density at radius 3 is 2.57 bits per heavy atom. The Kier molecular flexibility index (Phi) is 4.30. The predicted octanol–water partition coefficient (Wildman–Crippen LogP) is 4.27. The molecule has 3 rings (SSSR count). The van der Waals surface area contributed by atoms with Crippen molar-refractivity contribution < 1.29 is 13.6 Å². The second kappa shape index (κ2) is 6.54. The van der Waals surface area contributed by atoms with Gasteiger partial charge in [-0.2, -0.15) is 5.10 Å². The molecule has 6 heteroatoms. The summed E-state index contributed by atoms with van der Waals surface area (Å²) in [6, 6.07) is 14.2. The molecule has 0 aliphatic rings. The molecular formula is C17H13ClN2O3. The van der Waals surface area contributed by atoms with E-state index in [1.165, 1.54) is 6.21 Å². The van der Waals surface area contributed by atoms with Gasteiger partial charge in [0.15, 0.2) is 5.76 Å². The van der Waals surface area contributed by atoms with E-state index in [1.54, 1.807) is 37.3 Å². The van der Waals surface area contributed by atoms with Crippen LogP contribution in [0.2, 0.25) is 5.02 Å². The summed E-state index contributed by atoms with van der Waals surface area (Å²) in [5.41, 5.74) is 3.28. The predicted molar refractivity (Wildman–Crippen MR) is 87.7 cm³/mol. The number of hydrogen-bond acceptors (Lipinski definition) is 4. The fourth-order valence-corrected chi connectivity index (χ4v) is 2.08. The number of halogens is 1. The molecule has 3 aromatic rings. The first-order chi connectivity index (χ1) is 11.1. The zero-order valence-electron chi connectivity index (χ0n) is 12.2. The zero-order valence-corrected chi connectivity index (χ0v) is 13.0. The highest BCUT2D eigenvalue weighted by Gasteiger charge is 2.08. The number of aryl methyl sites for hydroxylation is 1. The van der Waals surface area contributed by atoms with E-state index in [0.29, 0.717) is 22.3 Å². The third kappa shape index (κ3) is 3.70. The largest absolute Gasteiger partial charge is 0.456 e. The van der Waals surface area contributed by atoms with Gasteiger partial charge < -0.3 is 8.83 Å². The summed E-state index contributed by atoms with van der Waals surface area (Å²) in [7, 11) is 0. The van der Waals surface area contributed by atoms with Crippen LogP contribution in [-0.4, -0.2) is 12.1 Å². The van der Waals surface area contributed by atoms with Crippen molar-refractivity contribution in [2.24, 2.45) is 5.10 Å². The molecule has 0 saturated carbocycles. The fourth-order valence-electron chi connectivity index (χ4n) is 1.96. The van der Waals surface area contributed by atoms with Crippen LogP contribution < -0.4 is 5.43 Å². The first-order valence-electron chi connectivity index (χ1n) is 6.87. The lowest BCUT2D eigenvalue weighted by Gasteiger charge is -1.96. The number of nitrogens with one attached hydrogen (secondary N) is 1. The molecule has 5 nitrogen and oxygen atoms in total. The van der Waals surface area contributed by atoms with Crippen LogP contribution in [0, 0.1) is 6.92 Å². The Bertz CT molecular complexity index is 847. The molecule has 0 atom stereocenters. The number of hydrazone groups is 1. The van der Waals surface area contributed by atoms with Crippen LogP contribution in [0.3, 0.4) is 0 Å². The molecule has 0 saturated heterocycles. The monoisotopic (exact) mass is 328 g/mol. The van der Waals surface area contributed by atoms with Crippen molar-refractivity contribution in [2.45, 2.75) is 6.92 Å². The lowest BCUT2D eigenvalue weighted by Crippen LogP contribution is -2.16. The first kappa shape index (κ1) is 15.1. The third-order valence-electron chi connectivity index (χ3n) is 3.08. The Morgan fingerprint density at radius 2 is 1.87 bits per heavy atom. The second-order valence-corrected chi connectivity index (χ2v) is 5.25. The first-order valence-corrected chi connectivity index (χ1v) is 7.25. The molecule has 0 bridgehead atoms. The molecule has 0 unspecified atom stereocenters. The highest BCUT2D eigenvalue weighted by molar-refractivity contribution is 6.30. The van der Waals surface area contributed by atoms with Crippen LogP contribution in [0.15, 0.2) is 62.5 Å². The number of carbonyl (C=O) groups is 1. The molecule has 1 amide bonds. The Balaban J connectivity index is 1.64. The average molecular weight is 329 g/mol. The maximum Gasteiger partial charge on any atom is 0.307 e. The number of amides is 1. The van der Waals surface area contributed by atoms with Crippen molar-refractivity contribution in [1.82, 2.24) is 5.43 Å². The van der Waals surface area contributed by atoms with Crippen molar-refractivity contribution in [3.05, 3.63) is 70.8 Å². The van der Waals surface area contributed by atoms with Gasteiger partial charge in [-0.05, 0) is 55.5 Å². The molecule has 0 aliphatic carbocycles. The lowest BCUT2D eigenvalue weighted by atomic mass is 10.2. The Hall–Kier alpha value is -2.79. The van der Waals surface area contributed by atoms with Crippen LogP contribution in [0.5, 0.6) is 0 Å². The lowest BCUT2D eigenvalue weighted by molar-refractivity contribution is 0.0926. The standard InChI is InChI=1S/C17H13ClN2O3/c1-11-2-8-16(22-11)17(21)20-19-10-14-7-9-15(23-14)12-3-5-13(18)6-4-12/h2-10H,1H3,(H,20,21)/b19-10-. The van der Waals surface area contributed by atoms with E-state index >= 15 is 0 Å². The van der Waals surface area contributed by atoms with Gasteiger partial charge in [-0.1, -0.05) is 11.6 Å². The summed E-state index contributed by atoms with van der Waals surface area (Å²) < 4.78 is 10.8. The van der Waals surface area contributed by atoms with E-state index in [-0.39, 0.29) is 5.76 Å². The minimum atomic E-state index is -0.418. The summed E-state index contributed by atoms with van der Waals surface area (Å²) in [4.78, 5) is 11.7. The van der Waals surface area contributed by atoms with Crippen LogP contribution in [-0.2, 0) is 0 Å². The van der Waals surface area contributed by atoms with E-state index in [0.717, 1.165) is 5.56 Å². The van der Waals surface area contributed by atoms with Crippen molar-refractivity contribution >= 4 is 23.7 Å². The van der Waals surface area contributed by atoms with Gasteiger partial charge in [0.05, 0.1) is 6.21 Å². The molecule has 0 radical (unpaired) electrons. The van der Waals surface area contributed by atoms with Gasteiger partial charge in [-0.15, -0.1) is 0 Å². The zero-order chi connectivity index (χ0) is 16.2. The molecule has 1 N–H and O–H groups in total. The van der Waals surface area contributed by atoms with Crippen molar-refractivity contribution in [1.29, 1.82) is 0 Å². The van der Waals surface area contributed by atoms with E-state index in [2.05, 4.69) is 10.5 Å². The molecule has 0 fully saturated rings. The number of rotatable bonds is 4. The minimum absolute atomic E-state index is 0.209. The second-order valence-electron chi connectivity index (χ2n) is 4.82. The van der Waals surface area contributed by atoms with E-state index in [1.807, 2.05) is 18.2 Å². The summed E-state index contributed by atoms with van der Waals surface area (Å²) in [6.07, 6.45) is 1.42. The van der Waals surface area contributed by atoms with Crippen LogP contribution >= 0.6 is 11.6 Å². The highest BCUT2D eigenvalue weighted by atomic mass is 35.5. The van der Waals surface area contributed by atoms with Crippen molar-refractivity contribution in [2.75, 3.05) is 0 Å². The summed E-state index contributed by atoms with van der Waals surface area (Å²) in [5.74, 6) is 1.67. The van der Waals surface area contributed by atoms with Gasteiger partial charge >= 0.3 is 5.91 Å². The molecule has 1 aromatic carbocycles.